The average Bonchev–Trinajstić information content (AvgIpc) is 3.02. The second-order valence-electron chi connectivity index (χ2n) is 5.00. The van der Waals surface area contributed by atoms with E-state index in [4.69, 9.17) is 11.6 Å². The van der Waals surface area contributed by atoms with Crippen LogP contribution in [-0.4, -0.2) is 53.1 Å². The van der Waals surface area contributed by atoms with E-state index in [0.29, 0.717) is 0 Å². The van der Waals surface area contributed by atoms with Crippen LogP contribution in [0.2, 0.25) is 5.02 Å². The maximum absolute atomic E-state index is 12.6. The van der Waals surface area contributed by atoms with Gasteiger partial charge >= 0.3 is 6.03 Å². The largest absolute Gasteiger partial charge is 0.322 e. The fraction of sp³-hybridized carbons (Fsp3) is 0.500. The Hall–Kier alpha value is -1.65. The Morgan fingerprint density at radius 2 is 2.14 bits per heavy atom. The molecule has 1 atom stereocenters. The lowest BCUT2D eigenvalue weighted by Gasteiger charge is -2.21. The van der Waals surface area contributed by atoms with Gasteiger partial charge in [-0.05, 0) is 6.42 Å². The molecule has 2 fully saturated rings. The first kappa shape index (κ1) is 14.3. The van der Waals surface area contributed by atoms with Crippen LogP contribution in [0.5, 0.6) is 0 Å². The van der Waals surface area contributed by atoms with Gasteiger partial charge in [0, 0.05) is 20.1 Å². The summed E-state index contributed by atoms with van der Waals surface area (Å²) >= 11 is 5.87. The van der Waals surface area contributed by atoms with Crippen LogP contribution in [0, 0.1) is 0 Å². The maximum atomic E-state index is 12.6. The number of sulfonamides is 1. The molecule has 114 valence electrons. The second kappa shape index (κ2) is 4.42. The van der Waals surface area contributed by atoms with Gasteiger partial charge in [0.2, 0.25) is 0 Å². The van der Waals surface area contributed by atoms with Gasteiger partial charge < -0.3 is 5.32 Å². The summed E-state index contributed by atoms with van der Waals surface area (Å²) in [7, 11) is -2.42. The van der Waals surface area contributed by atoms with E-state index in [1.54, 1.807) is 0 Å². The smallest absolute Gasteiger partial charge is 0.322 e. The molecule has 0 saturated carbocycles. The molecule has 9 nitrogen and oxygen atoms in total. The number of urea groups is 1. The monoisotopic (exact) mass is 333 g/mol. The topological polar surface area (TPSA) is 113 Å². The number of carbonyl (C=O) groups is 2. The number of aromatic nitrogens is 2. The van der Waals surface area contributed by atoms with Crippen LogP contribution in [0.15, 0.2) is 11.2 Å². The van der Waals surface area contributed by atoms with E-state index < -0.39 is 27.5 Å². The Kier molecular flexibility index (Phi) is 3.01. The molecule has 3 heterocycles. The molecular formula is C10H12ClN5O4S. The van der Waals surface area contributed by atoms with Crippen LogP contribution < -0.4 is 10.6 Å². The number of imide groups is 1. The van der Waals surface area contributed by atoms with Crippen molar-refractivity contribution >= 4 is 33.6 Å². The molecule has 0 bridgehead atoms. The van der Waals surface area contributed by atoms with E-state index in [1.807, 2.05) is 0 Å². The quantitative estimate of drug-likeness (QED) is 0.677. The van der Waals surface area contributed by atoms with E-state index in [0.717, 1.165) is 8.99 Å². The first-order valence-corrected chi connectivity index (χ1v) is 7.89. The van der Waals surface area contributed by atoms with Gasteiger partial charge in [-0.1, -0.05) is 11.6 Å². The number of hydrogen-bond acceptors (Lipinski definition) is 5. The summed E-state index contributed by atoms with van der Waals surface area (Å²) in [4.78, 5) is 23.1. The summed E-state index contributed by atoms with van der Waals surface area (Å²) in [6.45, 7) is -0.0219. The minimum Gasteiger partial charge on any atom is -0.322 e. The van der Waals surface area contributed by atoms with Gasteiger partial charge in [-0.15, -0.1) is 0 Å². The molecule has 0 radical (unpaired) electrons. The predicted molar refractivity (Wildman–Crippen MR) is 71.0 cm³/mol. The summed E-state index contributed by atoms with van der Waals surface area (Å²) in [5, 5.41) is 8.30. The average molecular weight is 334 g/mol. The lowest BCUT2D eigenvalue weighted by molar-refractivity contribution is -0.123. The molecule has 1 aromatic heterocycles. The molecule has 0 aliphatic carbocycles. The number of halogens is 1. The zero-order chi connectivity index (χ0) is 15.4. The van der Waals surface area contributed by atoms with Gasteiger partial charge in [0.1, 0.15) is 5.54 Å². The minimum absolute atomic E-state index is 0.0124. The molecule has 1 spiro atoms. The first-order valence-electron chi connectivity index (χ1n) is 6.07. The maximum Gasteiger partial charge on any atom is 0.322 e. The summed E-state index contributed by atoms with van der Waals surface area (Å²) in [6, 6.07) is -0.613. The molecule has 3 rings (SSSR count). The van der Waals surface area contributed by atoms with Gasteiger partial charge in [-0.3, -0.25) is 14.8 Å². The highest BCUT2D eigenvalue weighted by atomic mass is 35.5. The predicted octanol–water partition coefficient (Wildman–Crippen LogP) is -0.954. The third-order valence-corrected chi connectivity index (χ3v) is 6.03. The SMILES string of the molecule is Cn1ncc(Cl)c1S(=O)(=O)N1CCC2(C1)NC(=O)NC2=O. The Labute approximate surface area is 125 Å². The summed E-state index contributed by atoms with van der Waals surface area (Å²) < 4.78 is 27.5. The third-order valence-electron chi connectivity index (χ3n) is 3.68. The lowest BCUT2D eigenvalue weighted by Crippen LogP contribution is -2.49. The van der Waals surface area contributed by atoms with Crippen LogP contribution in [0.25, 0.3) is 0 Å². The number of aryl methyl sites for hydroxylation is 1. The third kappa shape index (κ3) is 2.01. The highest BCUT2D eigenvalue weighted by molar-refractivity contribution is 7.89. The molecule has 2 N–H and O–H groups in total. The molecular weight excluding hydrogens is 322 g/mol. The highest BCUT2D eigenvalue weighted by Gasteiger charge is 2.53. The number of amides is 3. The normalized spacial score (nSPS) is 26.4. The van der Waals surface area contributed by atoms with E-state index in [9.17, 15) is 18.0 Å². The fourth-order valence-electron chi connectivity index (χ4n) is 2.61. The first-order chi connectivity index (χ1) is 9.76. The molecule has 2 saturated heterocycles. The van der Waals surface area contributed by atoms with Gasteiger partial charge in [0.15, 0.2) is 5.03 Å². The van der Waals surface area contributed by atoms with Crippen molar-refractivity contribution in [3.05, 3.63) is 11.2 Å². The Morgan fingerprint density at radius 1 is 1.43 bits per heavy atom. The van der Waals surface area contributed by atoms with Crippen molar-refractivity contribution in [3.63, 3.8) is 0 Å². The summed E-state index contributed by atoms with van der Waals surface area (Å²) in [6.07, 6.45) is 1.45. The van der Waals surface area contributed by atoms with Crippen molar-refractivity contribution in [3.8, 4) is 0 Å². The van der Waals surface area contributed by atoms with E-state index in [2.05, 4.69) is 15.7 Å². The Balaban J connectivity index is 1.93. The van der Waals surface area contributed by atoms with Crippen molar-refractivity contribution < 1.29 is 18.0 Å². The molecule has 1 aromatic rings. The van der Waals surface area contributed by atoms with Crippen molar-refractivity contribution in [2.24, 2.45) is 7.05 Å². The van der Waals surface area contributed by atoms with Gasteiger partial charge in [0.05, 0.1) is 11.2 Å². The van der Waals surface area contributed by atoms with E-state index in [1.165, 1.54) is 13.2 Å². The van der Waals surface area contributed by atoms with Crippen LogP contribution in [-0.2, 0) is 21.9 Å². The number of carbonyl (C=O) groups excluding carboxylic acids is 2. The Bertz CT molecular complexity index is 725. The van der Waals surface area contributed by atoms with E-state index >= 15 is 0 Å². The molecule has 21 heavy (non-hydrogen) atoms. The molecule has 3 amide bonds. The number of hydrogen-bond donors (Lipinski definition) is 2. The van der Waals surface area contributed by atoms with Crippen molar-refractivity contribution in [2.45, 2.75) is 17.0 Å². The summed E-state index contributed by atoms with van der Waals surface area (Å²) in [5.74, 6) is -0.513. The highest BCUT2D eigenvalue weighted by Crippen LogP contribution is 2.31. The van der Waals surface area contributed by atoms with E-state index in [-0.39, 0.29) is 29.6 Å². The van der Waals surface area contributed by atoms with Crippen molar-refractivity contribution in [1.82, 2.24) is 24.7 Å². The van der Waals surface area contributed by atoms with Crippen LogP contribution in [0.4, 0.5) is 4.79 Å². The van der Waals surface area contributed by atoms with Gasteiger partial charge in [0.25, 0.3) is 15.9 Å². The lowest BCUT2D eigenvalue weighted by atomic mass is 10.00. The van der Waals surface area contributed by atoms with Gasteiger partial charge in [-0.25, -0.2) is 13.2 Å². The molecule has 2 aliphatic rings. The Morgan fingerprint density at radius 3 is 2.67 bits per heavy atom. The second-order valence-corrected chi connectivity index (χ2v) is 7.26. The molecule has 11 heteroatoms. The number of nitrogens with zero attached hydrogens (tertiary/aromatic N) is 3. The minimum atomic E-state index is -3.89. The summed E-state index contributed by atoms with van der Waals surface area (Å²) in [5.41, 5.74) is -1.20. The standard InChI is InChI=1S/C10H12ClN5O4S/c1-15-7(6(11)4-12-15)21(19,20)16-3-2-10(5-16)8(17)13-9(18)14-10/h4H,2-3,5H2,1H3,(H2,13,14,17,18). The molecule has 0 aromatic carbocycles. The van der Waals surface area contributed by atoms with Crippen LogP contribution in [0.1, 0.15) is 6.42 Å². The van der Waals surface area contributed by atoms with Gasteiger partial charge in [-0.2, -0.15) is 9.40 Å². The number of nitrogens with one attached hydrogen (secondary N) is 2. The number of rotatable bonds is 2. The molecule has 2 aliphatic heterocycles. The fourth-order valence-corrected chi connectivity index (χ4v) is 4.71. The molecule has 1 unspecified atom stereocenters. The van der Waals surface area contributed by atoms with Crippen LogP contribution >= 0.6 is 11.6 Å². The zero-order valence-electron chi connectivity index (χ0n) is 11.0. The zero-order valence-corrected chi connectivity index (χ0v) is 12.5. The van der Waals surface area contributed by atoms with Crippen molar-refractivity contribution in [2.75, 3.05) is 13.1 Å². The van der Waals surface area contributed by atoms with Crippen LogP contribution in [0.3, 0.4) is 0 Å². The van der Waals surface area contributed by atoms with Crippen molar-refractivity contribution in [1.29, 1.82) is 0 Å².